The van der Waals surface area contributed by atoms with Crippen LogP contribution in [0.2, 0.25) is 0 Å². The minimum atomic E-state index is -4.48. The number of rotatable bonds is 2. The molecule has 0 saturated heterocycles. The first-order valence-electron chi connectivity index (χ1n) is 6.83. The molecule has 0 aliphatic carbocycles. The number of hydrogen-bond donors (Lipinski definition) is 0. The highest BCUT2D eigenvalue weighted by Gasteiger charge is 2.57. The van der Waals surface area contributed by atoms with Crippen LogP contribution in [0.25, 0.3) is 0 Å². The average Bonchev–Trinajstić information content (AvgIpc) is 2.96. The molecule has 0 amide bonds. The maximum absolute atomic E-state index is 14.1. The summed E-state index contributed by atoms with van der Waals surface area (Å²) in [6.07, 6.45) is 0. The maximum atomic E-state index is 14.1. The lowest BCUT2D eigenvalue weighted by molar-refractivity contribution is -0.153. The predicted molar refractivity (Wildman–Crippen MR) is 64.7 cm³/mol. The molecule has 0 bridgehead atoms. The molecule has 3 rings (SSSR count). The van der Waals surface area contributed by atoms with Gasteiger partial charge in [-0.1, -0.05) is 0 Å². The van der Waals surface area contributed by atoms with E-state index in [-0.39, 0.29) is 0 Å². The number of hydrogen-bond acceptors (Lipinski definition) is 2. The van der Waals surface area contributed by atoms with Crippen LogP contribution in [-0.4, -0.2) is 0 Å². The van der Waals surface area contributed by atoms with E-state index in [1.807, 2.05) is 0 Å². The van der Waals surface area contributed by atoms with Gasteiger partial charge in [0.15, 0.2) is 46.5 Å². The van der Waals surface area contributed by atoms with Crippen molar-refractivity contribution in [3.05, 3.63) is 81.3 Å². The van der Waals surface area contributed by atoms with Gasteiger partial charge in [0, 0.05) is 0 Å². The Hall–Kier alpha value is -3.06. The Labute approximate surface area is 150 Å². The lowest BCUT2D eigenvalue weighted by Crippen LogP contribution is -2.36. The standard InChI is InChI=1S/C15F12O2/c16-3-1(4(17)8(21)11(24)7(3)20)15(28-13(26)14(27)29-15)2-5(18)9(22)12(25)10(23)6(2)19. The Morgan fingerprint density at radius 3 is 0.793 bits per heavy atom. The highest BCUT2D eigenvalue weighted by atomic mass is 19.2. The average molecular weight is 440 g/mol. The van der Waals surface area contributed by atoms with Crippen LogP contribution in [0.4, 0.5) is 52.7 Å². The van der Waals surface area contributed by atoms with Crippen LogP contribution in [0.5, 0.6) is 0 Å². The molecule has 0 atom stereocenters. The van der Waals surface area contributed by atoms with Crippen LogP contribution in [0.15, 0.2) is 12.0 Å². The van der Waals surface area contributed by atoms with Crippen molar-refractivity contribution in [3.8, 4) is 0 Å². The van der Waals surface area contributed by atoms with E-state index in [9.17, 15) is 52.7 Å². The van der Waals surface area contributed by atoms with Crippen molar-refractivity contribution < 1.29 is 62.2 Å². The molecule has 1 aliphatic heterocycles. The molecule has 14 heteroatoms. The van der Waals surface area contributed by atoms with Gasteiger partial charge in [0.05, 0.1) is 0 Å². The monoisotopic (exact) mass is 440 g/mol. The van der Waals surface area contributed by atoms with Gasteiger partial charge in [0.1, 0.15) is 11.1 Å². The second kappa shape index (κ2) is 6.49. The van der Waals surface area contributed by atoms with Gasteiger partial charge in [-0.15, -0.1) is 0 Å². The van der Waals surface area contributed by atoms with Gasteiger partial charge in [-0.25, -0.2) is 43.9 Å². The van der Waals surface area contributed by atoms with E-state index in [1.165, 1.54) is 0 Å². The molecule has 2 nitrogen and oxygen atoms in total. The van der Waals surface area contributed by atoms with Crippen LogP contribution in [0.3, 0.4) is 0 Å². The summed E-state index contributed by atoms with van der Waals surface area (Å²) in [5.74, 6) is -33.3. The zero-order valence-corrected chi connectivity index (χ0v) is 12.9. The van der Waals surface area contributed by atoms with E-state index in [2.05, 4.69) is 9.47 Å². The molecular formula is C15F12O2. The largest absolute Gasteiger partial charge is 0.414 e. The van der Waals surface area contributed by atoms with Gasteiger partial charge in [-0.2, -0.15) is 8.78 Å². The molecule has 0 saturated carbocycles. The van der Waals surface area contributed by atoms with Gasteiger partial charge < -0.3 is 9.47 Å². The van der Waals surface area contributed by atoms with Crippen molar-refractivity contribution in [1.29, 1.82) is 0 Å². The third-order valence-electron chi connectivity index (χ3n) is 3.70. The Kier molecular flexibility index (Phi) is 4.62. The van der Waals surface area contributed by atoms with Crippen molar-refractivity contribution in [2.75, 3.05) is 0 Å². The Balaban J connectivity index is 2.52. The fraction of sp³-hybridized carbons (Fsp3) is 0.0667. The molecule has 0 fully saturated rings. The van der Waals surface area contributed by atoms with Crippen LogP contribution in [0, 0.1) is 58.2 Å². The first-order chi connectivity index (χ1) is 13.4. The normalized spacial score (nSPS) is 15.6. The lowest BCUT2D eigenvalue weighted by Gasteiger charge is -2.29. The molecule has 0 spiro atoms. The van der Waals surface area contributed by atoms with E-state index >= 15 is 0 Å². The van der Waals surface area contributed by atoms with Crippen LogP contribution in [-0.2, 0) is 15.3 Å². The highest BCUT2D eigenvalue weighted by molar-refractivity contribution is 5.41. The van der Waals surface area contributed by atoms with Gasteiger partial charge in [0.2, 0.25) is 11.6 Å². The van der Waals surface area contributed by atoms with E-state index < -0.39 is 87.1 Å². The fourth-order valence-electron chi connectivity index (χ4n) is 2.47. The molecule has 2 aromatic rings. The lowest BCUT2D eigenvalue weighted by atomic mass is 9.93. The first-order valence-corrected chi connectivity index (χ1v) is 6.83. The third-order valence-corrected chi connectivity index (χ3v) is 3.70. The molecule has 0 radical (unpaired) electrons. The fourth-order valence-corrected chi connectivity index (χ4v) is 2.47. The molecule has 1 aliphatic rings. The third kappa shape index (κ3) is 2.61. The molecule has 0 unspecified atom stereocenters. The second-order valence-corrected chi connectivity index (χ2v) is 5.26. The summed E-state index contributed by atoms with van der Waals surface area (Å²) in [6.45, 7) is 0. The minimum absolute atomic E-state index is 2.58. The summed E-state index contributed by atoms with van der Waals surface area (Å²) in [5.41, 5.74) is -5.17. The van der Waals surface area contributed by atoms with Gasteiger partial charge >= 0.3 is 17.8 Å². The second-order valence-electron chi connectivity index (χ2n) is 5.26. The van der Waals surface area contributed by atoms with E-state index in [1.54, 1.807) is 0 Å². The molecule has 29 heavy (non-hydrogen) atoms. The topological polar surface area (TPSA) is 18.5 Å². The highest BCUT2D eigenvalue weighted by Crippen LogP contribution is 2.50. The van der Waals surface area contributed by atoms with Crippen LogP contribution >= 0.6 is 0 Å². The molecule has 1 heterocycles. The zero-order valence-electron chi connectivity index (χ0n) is 12.9. The SMILES string of the molecule is FC1=C(F)OC(c2c(F)c(F)c(F)c(F)c2F)(c2c(F)c(F)c(F)c(F)c2F)O1. The molecule has 0 N–H and O–H groups in total. The first kappa shape index (κ1) is 20.7. The number of benzene rings is 2. The summed E-state index contributed by atoms with van der Waals surface area (Å²) >= 11 is 0. The zero-order chi connectivity index (χ0) is 22.0. The van der Waals surface area contributed by atoms with E-state index in [4.69, 9.17) is 0 Å². The number of ether oxygens (including phenoxy) is 2. The summed E-state index contributed by atoms with van der Waals surface area (Å²) < 4.78 is 171. The van der Waals surface area contributed by atoms with Gasteiger partial charge in [-0.05, 0) is 0 Å². The van der Waals surface area contributed by atoms with E-state index in [0.717, 1.165) is 0 Å². The molecule has 2 aromatic carbocycles. The summed E-state index contributed by atoms with van der Waals surface area (Å²) in [5, 5.41) is 0. The molecule has 156 valence electrons. The van der Waals surface area contributed by atoms with Crippen LogP contribution in [0.1, 0.15) is 11.1 Å². The number of halogens is 12. The van der Waals surface area contributed by atoms with Crippen LogP contribution < -0.4 is 0 Å². The summed E-state index contributed by atoms with van der Waals surface area (Å²) in [4.78, 5) is 0. The van der Waals surface area contributed by atoms with E-state index in [0.29, 0.717) is 0 Å². The molecule has 0 aromatic heterocycles. The summed E-state index contributed by atoms with van der Waals surface area (Å²) in [7, 11) is 0. The molecular weight excluding hydrogens is 440 g/mol. The van der Waals surface area contributed by atoms with Crippen molar-refractivity contribution in [1.82, 2.24) is 0 Å². The van der Waals surface area contributed by atoms with Gasteiger partial charge in [0.25, 0.3) is 0 Å². The van der Waals surface area contributed by atoms with Crippen molar-refractivity contribution in [2.24, 2.45) is 0 Å². The van der Waals surface area contributed by atoms with Crippen molar-refractivity contribution in [3.63, 3.8) is 0 Å². The van der Waals surface area contributed by atoms with Crippen molar-refractivity contribution in [2.45, 2.75) is 5.79 Å². The maximum Gasteiger partial charge on any atom is 0.350 e. The van der Waals surface area contributed by atoms with Crippen molar-refractivity contribution >= 4 is 0 Å². The Bertz CT molecular complexity index is 950. The minimum Gasteiger partial charge on any atom is -0.414 e. The Morgan fingerprint density at radius 1 is 0.345 bits per heavy atom. The quantitative estimate of drug-likeness (QED) is 0.354. The predicted octanol–water partition coefficient (Wildman–Crippen LogP) is 5.39. The Morgan fingerprint density at radius 2 is 0.552 bits per heavy atom. The van der Waals surface area contributed by atoms with Gasteiger partial charge in [-0.3, -0.25) is 0 Å². The summed E-state index contributed by atoms with van der Waals surface area (Å²) in [6, 6.07) is -5.31. The smallest absolute Gasteiger partial charge is 0.350 e.